The van der Waals surface area contributed by atoms with Crippen molar-refractivity contribution < 1.29 is 9.59 Å². The molecule has 0 aromatic carbocycles. The summed E-state index contributed by atoms with van der Waals surface area (Å²) in [7, 11) is 0. The average molecular weight is 313 g/mol. The summed E-state index contributed by atoms with van der Waals surface area (Å²) in [4.78, 5) is 32.7. The molecule has 112 valence electrons. The van der Waals surface area contributed by atoms with Gasteiger partial charge >= 0.3 is 0 Å². The van der Waals surface area contributed by atoms with Gasteiger partial charge in [-0.25, -0.2) is 0 Å². The van der Waals surface area contributed by atoms with Crippen LogP contribution in [0, 0.1) is 0 Å². The second-order valence-corrected chi connectivity index (χ2v) is 6.39. The van der Waals surface area contributed by atoms with E-state index in [1.54, 1.807) is 35.9 Å². The molecular weight excluding hydrogens is 298 g/mol. The zero-order valence-corrected chi connectivity index (χ0v) is 12.7. The molecule has 2 aliphatic heterocycles. The Hall–Kier alpha value is -2.21. The minimum absolute atomic E-state index is 0.00475. The summed E-state index contributed by atoms with van der Waals surface area (Å²) in [6, 6.07) is 5.51. The number of thiophene rings is 1. The minimum Gasteiger partial charge on any atom is -0.333 e. The molecule has 22 heavy (non-hydrogen) atoms. The van der Waals surface area contributed by atoms with Gasteiger partial charge in [0.15, 0.2) is 0 Å². The van der Waals surface area contributed by atoms with Crippen LogP contribution in [0.15, 0.2) is 41.4 Å². The summed E-state index contributed by atoms with van der Waals surface area (Å²) in [5.41, 5.74) is 1.60. The van der Waals surface area contributed by atoms with Crippen molar-refractivity contribution in [2.24, 2.45) is 0 Å². The summed E-state index contributed by atoms with van der Waals surface area (Å²) in [6.45, 7) is 0.699. The number of pyridine rings is 1. The lowest BCUT2D eigenvalue weighted by Crippen LogP contribution is -2.39. The lowest BCUT2D eigenvalue weighted by Gasteiger charge is -2.24. The molecule has 0 bridgehead atoms. The Morgan fingerprint density at radius 1 is 1.23 bits per heavy atom. The van der Waals surface area contributed by atoms with E-state index in [1.165, 1.54) is 0 Å². The molecule has 2 atom stereocenters. The molecular formula is C16H15N3O2S. The molecule has 0 N–H and O–H groups in total. The monoisotopic (exact) mass is 313 g/mol. The normalized spacial score (nSPS) is 23.9. The number of carbonyl (C=O) groups is 2. The van der Waals surface area contributed by atoms with Gasteiger partial charge in [-0.3, -0.25) is 14.6 Å². The van der Waals surface area contributed by atoms with Gasteiger partial charge in [0.25, 0.3) is 5.91 Å². The van der Waals surface area contributed by atoms with Crippen LogP contribution < -0.4 is 4.90 Å². The Balaban J connectivity index is 1.60. The van der Waals surface area contributed by atoms with E-state index in [4.69, 9.17) is 0 Å². The molecule has 0 saturated carbocycles. The Morgan fingerprint density at radius 3 is 2.77 bits per heavy atom. The summed E-state index contributed by atoms with van der Waals surface area (Å²) >= 11 is 1.59. The van der Waals surface area contributed by atoms with Gasteiger partial charge < -0.3 is 9.80 Å². The van der Waals surface area contributed by atoms with Crippen LogP contribution in [0.25, 0.3) is 0 Å². The quantitative estimate of drug-likeness (QED) is 0.854. The van der Waals surface area contributed by atoms with Crippen LogP contribution in [0.2, 0.25) is 0 Å². The predicted molar refractivity (Wildman–Crippen MR) is 83.9 cm³/mol. The smallest absolute Gasteiger partial charge is 0.254 e. The van der Waals surface area contributed by atoms with Crippen LogP contribution in [0.4, 0.5) is 5.69 Å². The van der Waals surface area contributed by atoms with Gasteiger partial charge in [-0.05, 0) is 30.0 Å². The first-order valence-corrected chi connectivity index (χ1v) is 8.25. The first-order valence-electron chi connectivity index (χ1n) is 7.31. The lowest BCUT2D eigenvalue weighted by molar-refractivity contribution is -0.117. The first kappa shape index (κ1) is 13.5. The van der Waals surface area contributed by atoms with Gasteiger partial charge in [0, 0.05) is 36.3 Å². The van der Waals surface area contributed by atoms with E-state index >= 15 is 0 Å². The molecule has 0 radical (unpaired) electrons. The Kier molecular flexibility index (Phi) is 3.18. The van der Waals surface area contributed by atoms with E-state index in [2.05, 4.69) is 4.98 Å². The molecule has 2 amide bonds. The maximum absolute atomic E-state index is 12.7. The molecule has 4 rings (SSSR count). The van der Waals surface area contributed by atoms with E-state index in [0.717, 1.165) is 12.1 Å². The number of aromatic nitrogens is 1. The number of likely N-dealkylation sites (tertiary alicyclic amines) is 1. The molecule has 6 heteroatoms. The fraction of sp³-hybridized carbons (Fsp3) is 0.312. The standard InChI is InChI=1S/C16H15N3O2S/c20-15-9-14-13(19(15)12-4-8-22-10-12)3-7-18(14)16(21)11-1-5-17-6-2-11/h1-2,4-6,8,10,13-14H,3,7,9H2/t13-,14-/m0/s1. The highest BCUT2D eigenvalue weighted by Gasteiger charge is 2.48. The first-order chi connectivity index (χ1) is 10.8. The molecule has 0 spiro atoms. The van der Waals surface area contributed by atoms with Crippen LogP contribution in [0.3, 0.4) is 0 Å². The summed E-state index contributed by atoms with van der Waals surface area (Å²) in [5, 5.41) is 3.97. The zero-order chi connectivity index (χ0) is 15.1. The number of anilines is 1. The maximum Gasteiger partial charge on any atom is 0.254 e. The van der Waals surface area contributed by atoms with Crippen LogP contribution in [-0.2, 0) is 4.79 Å². The van der Waals surface area contributed by atoms with E-state index in [-0.39, 0.29) is 23.9 Å². The van der Waals surface area contributed by atoms with E-state index in [1.807, 2.05) is 26.6 Å². The highest BCUT2D eigenvalue weighted by molar-refractivity contribution is 7.08. The van der Waals surface area contributed by atoms with Gasteiger partial charge in [-0.1, -0.05) is 0 Å². The molecule has 0 aliphatic carbocycles. The summed E-state index contributed by atoms with van der Waals surface area (Å²) in [6.07, 6.45) is 4.50. The molecule has 2 saturated heterocycles. The third-order valence-corrected chi connectivity index (χ3v) is 5.14. The van der Waals surface area contributed by atoms with E-state index in [0.29, 0.717) is 18.5 Å². The van der Waals surface area contributed by atoms with E-state index < -0.39 is 0 Å². The van der Waals surface area contributed by atoms with E-state index in [9.17, 15) is 9.59 Å². The van der Waals surface area contributed by atoms with Crippen molar-refractivity contribution in [2.45, 2.75) is 24.9 Å². The van der Waals surface area contributed by atoms with Crippen LogP contribution in [0.5, 0.6) is 0 Å². The number of carbonyl (C=O) groups excluding carboxylic acids is 2. The van der Waals surface area contributed by atoms with Gasteiger partial charge in [0.05, 0.1) is 17.8 Å². The van der Waals surface area contributed by atoms with Crippen LogP contribution >= 0.6 is 11.3 Å². The summed E-state index contributed by atoms with van der Waals surface area (Å²) in [5.74, 6) is 0.107. The van der Waals surface area contributed by atoms with Crippen molar-refractivity contribution in [2.75, 3.05) is 11.4 Å². The highest BCUT2D eigenvalue weighted by Crippen LogP contribution is 2.37. The minimum atomic E-state index is -0.0203. The fourth-order valence-corrected chi connectivity index (χ4v) is 4.12. The second kappa shape index (κ2) is 5.21. The lowest BCUT2D eigenvalue weighted by atomic mass is 10.1. The van der Waals surface area contributed by atoms with Gasteiger partial charge in [-0.2, -0.15) is 11.3 Å². The molecule has 2 aliphatic rings. The Labute approximate surface area is 132 Å². The number of hydrogen-bond donors (Lipinski definition) is 0. The number of hydrogen-bond acceptors (Lipinski definition) is 4. The highest BCUT2D eigenvalue weighted by atomic mass is 32.1. The third kappa shape index (κ3) is 2.02. The molecule has 5 nitrogen and oxygen atoms in total. The topological polar surface area (TPSA) is 53.5 Å². The Bertz CT molecular complexity index is 701. The van der Waals surface area contributed by atoms with Crippen LogP contribution in [-0.4, -0.2) is 40.3 Å². The molecule has 2 fully saturated rings. The van der Waals surface area contributed by atoms with Crippen molar-refractivity contribution >= 4 is 28.8 Å². The molecule has 0 unspecified atom stereocenters. The largest absolute Gasteiger partial charge is 0.333 e. The fourth-order valence-electron chi connectivity index (χ4n) is 3.49. The van der Waals surface area contributed by atoms with Gasteiger partial charge in [0.2, 0.25) is 5.91 Å². The van der Waals surface area contributed by atoms with Gasteiger partial charge in [-0.15, -0.1) is 0 Å². The van der Waals surface area contributed by atoms with Crippen LogP contribution in [0.1, 0.15) is 23.2 Å². The molecule has 2 aromatic rings. The predicted octanol–water partition coefficient (Wildman–Crippen LogP) is 2.16. The van der Waals surface area contributed by atoms with Crippen molar-refractivity contribution in [3.05, 3.63) is 46.9 Å². The average Bonchev–Trinajstić information content (AvgIpc) is 3.24. The van der Waals surface area contributed by atoms with Crippen molar-refractivity contribution in [3.63, 3.8) is 0 Å². The van der Waals surface area contributed by atoms with Crippen molar-refractivity contribution in [1.29, 1.82) is 0 Å². The second-order valence-electron chi connectivity index (χ2n) is 5.61. The third-order valence-electron chi connectivity index (χ3n) is 4.47. The van der Waals surface area contributed by atoms with Crippen molar-refractivity contribution in [3.8, 4) is 0 Å². The maximum atomic E-state index is 12.7. The Morgan fingerprint density at radius 2 is 2.05 bits per heavy atom. The number of nitrogens with zero attached hydrogens (tertiary/aromatic N) is 3. The zero-order valence-electron chi connectivity index (χ0n) is 11.9. The molecule has 4 heterocycles. The number of fused-ring (bicyclic) bond motifs is 1. The summed E-state index contributed by atoms with van der Waals surface area (Å²) < 4.78 is 0. The SMILES string of the molecule is O=C(c1ccncc1)N1CC[C@H]2[C@@H]1CC(=O)N2c1ccsc1. The number of rotatable bonds is 2. The number of amides is 2. The van der Waals surface area contributed by atoms with Gasteiger partial charge in [0.1, 0.15) is 0 Å². The van der Waals surface area contributed by atoms with Crippen molar-refractivity contribution in [1.82, 2.24) is 9.88 Å². The molecule has 2 aromatic heterocycles.